The fraction of sp³-hybridized carbons (Fsp3) is 0.684. The number of amides is 2. The summed E-state index contributed by atoms with van der Waals surface area (Å²) in [4.78, 5) is 27.8. The molecule has 0 spiro atoms. The zero-order valence-electron chi connectivity index (χ0n) is 14.3. The van der Waals surface area contributed by atoms with Gasteiger partial charge in [-0.2, -0.15) is 0 Å². The van der Waals surface area contributed by atoms with Crippen molar-refractivity contribution in [1.29, 1.82) is 0 Å². The first-order chi connectivity index (χ1) is 11.7. The molecule has 2 aliphatic rings. The monoisotopic (exact) mass is 348 g/mol. The highest BCUT2D eigenvalue weighted by Gasteiger charge is 2.30. The number of likely N-dealkylation sites (tertiary alicyclic amines) is 1. The Labute approximate surface area is 148 Å². The Morgan fingerprint density at radius 2 is 1.79 bits per heavy atom. The van der Waals surface area contributed by atoms with E-state index in [2.05, 4.69) is 5.32 Å². The molecule has 1 aliphatic heterocycles. The molecular weight excluding hydrogens is 320 g/mol. The van der Waals surface area contributed by atoms with Gasteiger partial charge in [-0.3, -0.25) is 9.59 Å². The van der Waals surface area contributed by atoms with Crippen LogP contribution in [0.3, 0.4) is 0 Å². The lowest BCUT2D eigenvalue weighted by Crippen LogP contribution is -2.47. The van der Waals surface area contributed by atoms with Gasteiger partial charge in [-0.1, -0.05) is 38.2 Å². The number of hydrogen-bond donors (Lipinski definition) is 1. The normalized spacial score (nSPS) is 23.3. The average molecular weight is 349 g/mol. The number of hydrogen-bond acceptors (Lipinski definition) is 3. The van der Waals surface area contributed by atoms with E-state index in [9.17, 15) is 9.59 Å². The fourth-order valence-corrected chi connectivity index (χ4v) is 4.54. The lowest BCUT2D eigenvalue weighted by Gasteiger charge is -2.33. The maximum Gasteiger partial charge on any atom is 0.263 e. The highest BCUT2D eigenvalue weighted by molar-refractivity contribution is 7.12. The minimum absolute atomic E-state index is 0.0481. The first-order valence-corrected chi connectivity index (χ1v) is 10.2. The molecule has 5 heteroatoms. The molecule has 1 N–H and O–H groups in total. The van der Waals surface area contributed by atoms with Gasteiger partial charge in [0.05, 0.1) is 10.8 Å². The van der Waals surface area contributed by atoms with Crippen LogP contribution in [-0.4, -0.2) is 35.8 Å². The third-order valence-electron chi connectivity index (χ3n) is 5.26. The van der Waals surface area contributed by atoms with Crippen LogP contribution in [0.15, 0.2) is 17.5 Å². The molecule has 1 saturated heterocycles. The summed E-state index contributed by atoms with van der Waals surface area (Å²) in [7, 11) is 0. The van der Waals surface area contributed by atoms with Gasteiger partial charge in [-0.15, -0.1) is 11.3 Å². The first-order valence-electron chi connectivity index (χ1n) is 9.37. The zero-order chi connectivity index (χ0) is 16.8. The molecule has 1 atom stereocenters. The Morgan fingerprint density at radius 1 is 1.04 bits per heavy atom. The molecule has 1 aromatic rings. The second-order valence-electron chi connectivity index (χ2n) is 7.12. The average Bonchev–Trinajstić information content (AvgIpc) is 3.11. The van der Waals surface area contributed by atoms with Crippen molar-refractivity contribution in [2.75, 3.05) is 13.1 Å². The van der Waals surface area contributed by atoms with Crippen LogP contribution < -0.4 is 5.32 Å². The molecule has 0 bridgehead atoms. The Hall–Kier alpha value is -1.36. The largest absolute Gasteiger partial charge is 0.353 e. The number of rotatable bonds is 3. The summed E-state index contributed by atoms with van der Waals surface area (Å²) < 4.78 is 0. The van der Waals surface area contributed by atoms with E-state index in [-0.39, 0.29) is 17.7 Å². The molecule has 3 rings (SSSR count). The predicted octanol–water partition coefficient (Wildman–Crippen LogP) is 3.83. The van der Waals surface area contributed by atoms with Gasteiger partial charge < -0.3 is 10.2 Å². The van der Waals surface area contributed by atoms with Crippen molar-refractivity contribution in [3.8, 4) is 0 Å². The predicted molar refractivity (Wildman–Crippen MR) is 97.2 cm³/mol. The summed E-state index contributed by atoms with van der Waals surface area (Å²) in [6, 6.07) is 4.10. The molecule has 1 aromatic heterocycles. The van der Waals surface area contributed by atoms with E-state index in [0.29, 0.717) is 12.6 Å². The van der Waals surface area contributed by atoms with E-state index in [1.165, 1.54) is 43.4 Å². The van der Waals surface area contributed by atoms with Gasteiger partial charge in [-0.05, 0) is 37.1 Å². The molecule has 132 valence electrons. The Bertz CT molecular complexity index is 536. The van der Waals surface area contributed by atoms with E-state index in [1.807, 2.05) is 22.4 Å². The number of thiophene rings is 1. The van der Waals surface area contributed by atoms with Gasteiger partial charge in [0.1, 0.15) is 0 Å². The Balaban J connectivity index is 1.53. The molecule has 1 aliphatic carbocycles. The Morgan fingerprint density at radius 3 is 2.50 bits per heavy atom. The van der Waals surface area contributed by atoms with Gasteiger partial charge in [0.25, 0.3) is 5.91 Å². The van der Waals surface area contributed by atoms with Crippen LogP contribution in [0.2, 0.25) is 0 Å². The summed E-state index contributed by atoms with van der Waals surface area (Å²) in [6.07, 6.45) is 10.4. The third-order valence-corrected chi connectivity index (χ3v) is 6.12. The standard InChI is InChI=1S/C19H28N2O2S/c22-18(20-16-9-4-2-1-3-5-10-16)15-8-6-12-21(14-15)19(23)17-11-7-13-24-17/h7,11,13,15-16H,1-6,8-10,12,14H2,(H,20,22). The van der Waals surface area contributed by atoms with Gasteiger partial charge in [-0.25, -0.2) is 0 Å². The smallest absolute Gasteiger partial charge is 0.263 e. The van der Waals surface area contributed by atoms with Crippen LogP contribution in [0.5, 0.6) is 0 Å². The molecule has 2 heterocycles. The summed E-state index contributed by atoms with van der Waals surface area (Å²) in [5.41, 5.74) is 0. The quantitative estimate of drug-likeness (QED) is 0.902. The SMILES string of the molecule is O=C(NC1CCCCCCC1)C1CCCN(C(=O)c2cccs2)C1. The van der Waals surface area contributed by atoms with E-state index in [4.69, 9.17) is 0 Å². The van der Waals surface area contributed by atoms with Crippen LogP contribution in [0.4, 0.5) is 0 Å². The molecule has 4 nitrogen and oxygen atoms in total. The van der Waals surface area contributed by atoms with Crippen LogP contribution in [0.1, 0.15) is 67.5 Å². The van der Waals surface area contributed by atoms with Crippen LogP contribution >= 0.6 is 11.3 Å². The van der Waals surface area contributed by atoms with Crippen molar-refractivity contribution < 1.29 is 9.59 Å². The van der Waals surface area contributed by atoms with E-state index in [1.54, 1.807) is 0 Å². The van der Waals surface area contributed by atoms with Gasteiger partial charge >= 0.3 is 0 Å². The van der Waals surface area contributed by atoms with Crippen molar-refractivity contribution in [3.63, 3.8) is 0 Å². The first kappa shape index (κ1) is 17.5. The lowest BCUT2D eigenvalue weighted by molar-refractivity contribution is -0.127. The van der Waals surface area contributed by atoms with Crippen molar-refractivity contribution in [1.82, 2.24) is 10.2 Å². The molecule has 2 fully saturated rings. The van der Waals surface area contributed by atoms with E-state index in [0.717, 1.165) is 37.1 Å². The molecular formula is C19H28N2O2S. The summed E-state index contributed by atoms with van der Waals surface area (Å²) in [5, 5.41) is 5.20. The molecule has 1 unspecified atom stereocenters. The number of piperidine rings is 1. The highest BCUT2D eigenvalue weighted by Crippen LogP contribution is 2.22. The van der Waals surface area contributed by atoms with Crippen molar-refractivity contribution in [3.05, 3.63) is 22.4 Å². The van der Waals surface area contributed by atoms with Crippen LogP contribution in [0, 0.1) is 5.92 Å². The van der Waals surface area contributed by atoms with Crippen molar-refractivity contribution >= 4 is 23.2 Å². The summed E-state index contributed by atoms with van der Waals surface area (Å²) >= 11 is 1.48. The Kier molecular flexibility index (Phi) is 6.30. The van der Waals surface area contributed by atoms with E-state index >= 15 is 0 Å². The number of carbonyl (C=O) groups is 2. The fourth-order valence-electron chi connectivity index (χ4n) is 3.85. The molecule has 0 radical (unpaired) electrons. The minimum Gasteiger partial charge on any atom is -0.353 e. The topological polar surface area (TPSA) is 49.4 Å². The second-order valence-corrected chi connectivity index (χ2v) is 8.07. The summed E-state index contributed by atoms with van der Waals surface area (Å²) in [6.45, 7) is 1.33. The third kappa shape index (κ3) is 4.59. The van der Waals surface area contributed by atoms with Gasteiger partial charge in [0.15, 0.2) is 0 Å². The van der Waals surface area contributed by atoms with Crippen LogP contribution in [-0.2, 0) is 4.79 Å². The highest BCUT2D eigenvalue weighted by atomic mass is 32.1. The van der Waals surface area contributed by atoms with Crippen LogP contribution in [0.25, 0.3) is 0 Å². The molecule has 0 aromatic carbocycles. The van der Waals surface area contributed by atoms with E-state index < -0.39 is 0 Å². The number of nitrogens with zero attached hydrogens (tertiary/aromatic N) is 1. The maximum atomic E-state index is 12.7. The maximum absolute atomic E-state index is 12.7. The van der Waals surface area contributed by atoms with Crippen molar-refractivity contribution in [2.24, 2.45) is 5.92 Å². The minimum atomic E-state index is -0.0481. The van der Waals surface area contributed by atoms with Gasteiger partial charge in [0, 0.05) is 19.1 Å². The lowest BCUT2D eigenvalue weighted by atomic mass is 9.94. The second kappa shape index (κ2) is 8.65. The molecule has 2 amide bonds. The number of nitrogens with one attached hydrogen (secondary N) is 1. The number of carbonyl (C=O) groups excluding carboxylic acids is 2. The van der Waals surface area contributed by atoms with Gasteiger partial charge in [0.2, 0.25) is 5.91 Å². The van der Waals surface area contributed by atoms with Crippen molar-refractivity contribution in [2.45, 2.75) is 63.8 Å². The molecule has 1 saturated carbocycles. The molecule has 24 heavy (non-hydrogen) atoms. The zero-order valence-corrected chi connectivity index (χ0v) is 15.2. The summed E-state index contributed by atoms with van der Waals surface area (Å²) in [5.74, 6) is 0.186.